The average molecular weight is 386 g/mol. The van der Waals surface area contributed by atoms with Crippen LogP contribution in [0.2, 0.25) is 0 Å². The zero-order valence-electron chi connectivity index (χ0n) is 17.4. The summed E-state index contributed by atoms with van der Waals surface area (Å²) in [4.78, 5) is 6.87. The highest BCUT2D eigenvalue weighted by Gasteiger charge is 2.18. The van der Waals surface area contributed by atoms with Crippen molar-refractivity contribution in [3.8, 4) is 0 Å². The van der Waals surface area contributed by atoms with Crippen molar-refractivity contribution in [2.75, 3.05) is 53.5 Å². The molecule has 1 aromatic heterocycles. The number of hydrogen-bond donors (Lipinski definition) is 2. The van der Waals surface area contributed by atoms with Gasteiger partial charge in [0.15, 0.2) is 5.96 Å². The smallest absolute Gasteiger partial charge is 0.190 e. The Morgan fingerprint density at radius 1 is 1.14 bits per heavy atom. The lowest BCUT2D eigenvalue weighted by Gasteiger charge is -2.32. The number of nitrogens with zero attached hydrogens (tertiary/aromatic N) is 3. The standard InChI is InChI=1S/C22H35N5O/c1-23-22(25-18-19-8-13-26(14-9-19)16-17-28-2)24-11-5-12-27-15-10-20-6-3-4-7-21(20)27/h3-4,6-7,10,15,19H,5,8-9,11-14,16-18H2,1-2H3,(H2,23,24,25). The van der Waals surface area contributed by atoms with Crippen LogP contribution in [0.15, 0.2) is 41.5 Å². The number of rotatable bonds is 9. The van der Waals surface area contributed by atoms with Gasteiger partial charge in [0.05, 0.1) is 6.61 Å². The normalized spacial score (nSPS) is 16.6. The van der Waals surface area contributed by atoms with Crippen LogP contribution in [0.1, 0.15) is 19.3 Å². The van der Waals surface area contributed by atoms with Crippen molar-refractivity contribution < 1.29 is 4.74 Å². The monoisotopic (exact) mass is 385 g/mol. The second-order valence-corrected chi connectivity index (χ2v) is 7.58. The summed E-state index contributed by atoms with van der Waals surface area (Å²) in [6.07, 6.45) is 5.73. The van der Waals surface area contributed by atoms with Crippen molar-refractivity contribution in [3.63, 3.8) is 0 Å². The summed E-state index contributed by atoms with van der Waals surface area (Å²) in [6, 6.07) is 10.7. The quantitative estimate of drug-likeness (QED) is 0.396. The summed E-state index contributed by atoms with van der Waals surface area (Å²) in [5.41, 5.74) is 1.31. The summed E-state index contributed by atoms with van der Waals surface area (Å²) < 4.78 is 7.50. The maximum atomic E-state index is 5.18. The molecule has 0 unspecified atom stereocenters. The fraction of sp³-hybridized carbons (Fsp3) is 0.591. The van der Waals surface area contributed by atoms with Gasteiger partial charge in [-0.1, -0.05) is 18.2 Å². The molecule has 0 saturated carbocycles. The van der Waals surface area contributed by atoms with Crippen LogP contribution in [0, 0.1) is 5.92 Å². The van der Waals surface area contributed by atoms with E-state index in [2.05, 4.69) is 61.6 Å². The van der Waals surface area contributed by atoms with E-state index in [1.807, 2.05) is 7.05 Å². The third kappa shape index (κ3) is 5.97. The Hall–Kier alpha value is -2.05. The van der Waals surface area contributed by atoms with Gasteiger partial charge in [-0.25, -0.2) is 0 Å². The van der Waals surface area contributed by atoms with E-state index in [4.69, 9.17) is 4.74 Å². The van der Waals surface area contributed by atoms with Crippen LogP contribution in [0.4, 0.5) is 0 Å². The van der Waals surface area contributed by atoms with Gasteiger partial charge < -0.3 is 24.8 Å². The number of hydrogen-bond acceptors (Lipinski definition) is 3. The lowest BCUT2D eigenvalue weighted by molar-refractivity contribution is 0.121. The van der Waals surface area contributed by atoms with E-state index >= 15 is 0 Å². The Morgan fingerprint density at radius 2 is 1.96 bits per heavy atom. The Bertz CT molecular complexity index is 733. The zero-order valence-corrected chi connectivity index (χ0v) is 17.4. The first-order valence-electron chi connectivity index (χ1n) is 10.5. The molecule has 0 bridgehead atoms. The van der Waals surface area contributed by atoms with Crippen LogP contribution in [-0.2, 0) is 11.3 Å². The molecule has 6 heteroatoms. The van der Waals surface area contributed by atoms with Gasteiger partial charge >= 0.3 is 0 Å². The van der Waals surface area contributed by atoms with Gasteiger partial charge in [0, 0.05) is 52.1 Å². The van der Waals surface area contributed by atoms with Crippen LogP contribution in [-0.4, -0.2) is 68.9 Å². The number of guanidine groups is 1. The molecule has 6 nitrogen and oxygen atoms in total. The predicted molar refractivity (Wildman–Crippen MR) is 117 cm³/mol. The van der Waals surface area contributed by atoms with Crippen LogP contribution in [0.5, 0.6) is 0 Å². The molecule has 0 aliphatic carbocycles. The summed E-state index contributed by atoms with van der Waals surface area (Å²) >= 11 is 0. The van der Waals surface area contributed by atoms with Gasteiger partial charge in [0.1, 0.15) is 0 Å². The van der Waals surface area contributed by atoms with E-state index in [0.29, 0.717) is 0 Å². The van der Waals surface area contributed by atoms with Crippen molar-refractivity contribution in [3.05, 3.63) is 36.5 Å². The number of fused-ring (bicyclic) bond motifs is 1. The first kappa shape index (κ1) is 20.7. The van der Waals surface area contributed by atoms with Crippen molar-refractivity contribution in [2.24, 2.45) is 10.9 Å². The van der Waals surface area contributed by atoms with Crippen molar-refractivity contribution in [1.82, 2.24) is 20.1 Å². The number of aromatic nitrogens is 1. The number of aryl methyl sites for hydroxylation is 1. The molecular formula is C22H35N5O. The van der Waals surface area contributed by atoms with Crippen LogP contribution in [0.25, 0.3) is 10.9 Å². The highest BCUT2D eigenvalue weighted by atomic mass is 16.5. The molecule has 1 saturated heterocycles. The fourth-order valence-electron chi connectivity index (χ4n) is 3.89. The van der Waals surface area contributed by atoms with Gasteiger partial charge in [-0.15, -0.1) is 0 Å². The lowest BCUT2D eigenvalue weighted by Crippen LogP contribution is -2.43. The molecular weight excluding hydrogens is 350 g/mol. The molecule has 1 fully saturated rings. The van der Waals surface area contributed by atoms with Gasteiger partial charge in [-0.05, 0) is 55.8 Å². The summed E-state index contributed by atoms with van der Waals surface area (Å²) in [5.74, 6) is 1.64. The highest BCUT2D eigenvalue weighted by molar-refractivity contribution is 5.80. The second kappa shape index (κ2) is 11.1. The van der Waals surface area contributed by atoms with Crippen molar-refractivity contribution >= 4 is 16.9 Å². The molecule has 0 spiro atoms. The number of nitrogens with one attached hydrogen (secondary N) is 2. The Labute approximate surface area is 169 Å². The highest BCUT2D eigenvalue weighted by Crippen LogP contribution is 2.16. The minimum atomic E-state index is 0.726. The summed E-state index contributed by atoms with van der Waals surface area (Å²) in [5, 5.41) is 8.27. The maximum Gasteiger partial charge on any atom is 0.190 e. The largest absolute Gasteiger partial charge is 0.383 e. The van der Waals surface area contributed by atoms with Gasteiger partial charge in [-0.3, -0.25) is 4.99 Å². The van der Waals surface area contributed by atoms with E-state index < -0.39 is 0 Å². The van der Waals surface area contributed by atoms with E-state index in [1.165, 1.54) is 36.8 Å². The van der Waals surface area contributed by atoms with Crippen molar-refractivity contribution in [2.45, 2.75) is 25.8 Å². The third-order valence-electron chi connectivity index (χ3n) is 5.65. The molecule has 1 aliphatic heterocycles. The lowest BCUT2D eigenvalue weighted by atomic mass is 9.97. The number of methoxy groups -OCH3 is 1. The molecule has 2 heterocycles. The molecule has 0 radical (unpaired) electrons. The van der Waals surface area contributed by atoms with Crippen LogP contribution >= 0.6 is 0 Å². The van der Waals surface area contributed by atoms with Gasteiger partial charge in [0.25, 0.3) is 0 Å². The first-order valence-corrected chi connectivity index (χ1v) is 10.5. The van der Waals surface area contributed by atoms with E-state index in [0.717, 1.165) is 51.1 Å². The van der Waals surface area contributed by atoms with E-state index in [9.17, 15) is 0 Å². The van der Waals surface area contributed by atoms with Gasteiger partial charge in [-0.2, -0.15) is 0 Å². The maximum absolute atomic E-state index is 5.18. The Balaban J connectivity index is 1.32. The number of aliphatic imine (C=N–C) groups is 1. The second-order valence-electron chi connectivity index (χ2n) is 7.58. The van der Waals surface area contributed by atoms with Gasteiger partial charge in [0.2, 0.25) is 0 Å². The molecule has 3 rings (SSSR count). The van der Waals surface area contributed by atoms with Crippen LogP contribution in [0.3, 0.4) is 0 Å². The number of ether oxygens (including phenoxy) is 1. The SMILES string of the molecule is CN=C(NCCCn1ccc2ccccc21)NCC1CCN(CCOC)CC1. The first-order chi connectivity index (χ1) is 13.8. The number of piperidine rings is 1. The number of para-hydroxylation sites is 1. The Kier molecular flexibility index (Phi) is 8.18. The topological polar surface area (TPSA) is 53.8 Å². The molecule has 1 aromatic carbocycles. The molecule has 0 atom stereocenters. The summed E-state index contributed by atoms with van der Waals surface area (Å²) in [6.45, 7) is 7.16. The molecule has 2 aromatic rings. The number of likely N-dealkylation sites (tertiary alicyclic amines) is 1. The molecule has 1 aliphatic rings. The average Bonchev–Trinajstić information content (AvgIpc) is 3.15. The molecule has 28 heavy (non-hydrogen) atoms. The summed E-state index contributed by atoms with van der Waals surface area (Å²) in [7, 11) is 3.62. The van der Waals surface area contributed by atoms with Crippen LogP contribution < -0.4 is 10.6 Å². The minimum absolute atomic E-state index is 0.726. The predicted octanol–water partition coefficient (Wildman–Crippen LogP) is 2.55. The molecule has 2 N–H and O–H groups in total. The third-order valence-corrected chi connectivity index (χ3v) is 5.65. The Morgan fingerprint density at radius 3 is 2.75 bits per heavy atom. The zero-order chi connectivity index (χ0) is 19.6. The van der Waals surface area contributed by atoms with E-state index in [-0.39, 0.29) is 0 Å². The number of benzene rings is 1. The van der Waals surface area contributed by atoms with Crippen molar-refractivity contribution in [1.29, 1.82) is 0 Å². The fourth-order valence-corrected chi connectivity index (χ4v) is 3.89. The van der Waals surface area contributed by atoms with E-state index in [1.54, 1.807) is 7.11 Å². The minimum Gasteiger partial charge on any atom is -0.383 e. The molecule has 0 amide bonds. The molecule has 154 valence electrons.